The highest BCUT2D eigenvalue weighted by atomic mass is 16.5. The van der Waals surface area contributed by atoms with Gasteiger partial charge in [-0.1, -0.05) is 19.4 Å². The van der Waals surface area contributed by atoms with Gasteiger partial charge >= 0.3 is 5.97 Å². The summed E-state index contributed by atoms with van der Waals surface area (Å²) in [6.07, 6.45) is 9.26. The molecule has 1 aromatic rings. The number of hydrogen-bond donors (Lipinski definition) is 3. The normalized spacial score (nSPS) is 17.2. The first-order valence-corrected chi connectivity index (χ1v) is 13.4. The van der Waals surface area contributed by atoms with E-state index in [4.69, 9.17) is 9.72 Å². The number of rotatable bonds is 16. The Morgan fingerprint density at radius 3 is 2.77 bits per heavy atom. The average Bonchev–Trinajstić information content (AvgIpc) is 2.82. The fraction of sp³-hybridized carbons (Fsp3) is 0.741. The third kappa shape index (κ3) is 9.08. The van der Waals surface area contributed by atoms with Gasteiger partial charge in [0.05, 0.1) is 6.61 Å². The highest BCUT2D eigenvalue weighted by molar-refractivity contribution is 5.83. The van der Waals surface area contributed by atoms with E-state index in [9.17, 15) is 14.7 Å². The molecule has 3 N–H and O–H groups in total. The molecule has 0 spiro atoms. The van der Waals surface area contributed by atoms with Crippen molar-refractivity contribution < 1.29 is 19.4 Å². The van der Waals surface area contributed by atoms with E-state index in [1.54, 1.807) is 0 Å². The van der Waals surface area contributed by atoms with Crippen LogP contribution in [0.2, 0.25) is 0 Å². The van der Waals surface area contributed by atoms with Crippen LogP contribution in [0.15, 0.2) is 12.1 Å². The first-order chi connectivity index (χ1) is 16.9. The van der Waals surface area contributed by atoms with E-state index >= 15 is 0 Å². The van der Waals surface area contributed by atoms with Gasteiger partial charge in [0.15, 0.2) is 0 Å². The van der Waals surface area contributed by atoms with Gasteiger partial charge in [0.1, 0.15) is 11.9 Å². The lowest BCUT2D eigenvalue weighted by molar-refractivity contribution is -0.142. The molecule has 1 amide bonds. The van der Waals surface area contributed by atoms with Gasteiger partial charge in [-0.05, 0) is 81.9 Å². The van der Waals surface area contributed by atoms with Gasteiger partial charge in [0, 0.05) is 38.4 Å². The standard InChI is InChI=1S/C27H44N4O4/c1-3-35-19-18-31(16-5-4-9-22-11-10-21-8-6-15-28-25(21)29-22)17-12-23(26(33)34)30-24(32)20-27(2)13-7-14-27/h10-11,23H,3-9,12-20H2,1-2H3,(H,28,29)(H,30,32)(H,33,34). The summed E-state index contributed by atoms with van der Waals surface area (Å²) in [5, 5.41) is 15.8. The van der Waals surface area contributed by atoms with Gasteiger partial charge in [-0.15, -0.1) is 0 Å². The number of nitrogens with one attached hydrogen (secondary N) is 2. The predicted molar refractivity (Wildman–Crippen MR) is 138 cm³/mol. The van der Waals surface area contributed by atoms with E-state index in [1.165, 1.54) is 5.56 Å². The molecule has 0 bridgehead atoms. The fourth-order valence-corrected chi connectivity index (χ4v) is 4.98. The molecule has 1 aromatic heterocycles. The quantitative estimate of drug-likeness (QED) is 0.305. The van der Waals surface area contributed by atoms with Crippen molar-refractivity contribution in [1.29, 1.82) is 0 Å². The van der Waals surface area contributed by atoms with Gasteiger partial charge in [0.2, 0.25) is 5.91 Å². The van der Waals surface area contributed by atoms with Crippen LogP contribution in [0.5, 0.6) is 0 Å². The number of anilines is 1. The zero-order valence-corrected chi connectivity index (χ0v) is 21.6. The van der Waals surface area contributed by atoms with Crippen LogP contribution >= 0.6 is 0 Å². The average molecular weight is 489 g/mol. The Kier molecular flexibility index (Phi) is 10.8. The number of aryl methyl sites for hydroxylation is 2. The molecule has 8 heteroatoms. The number of carbonyl (C=O) groups excluding carboxylic acids is 1. The Balaban J connectivity index is 1.44. The molecule has 35 heavy (non-hydrogen) atoms. The van der Waals surface area contributed by atoms with E-state index < -0.39 is 12.0 Å². The third-order valence-corrected chi connectivity index (χ3v) is 7.38. The number of amides is 1. The Morgan fingerprint density at radius 2 is 2.06 bits per heavy atom. The molecule has 2 aliphatic rings. The first-order valence-electron chi connectivity index (χ1n) is 13.4. The number of pyridine rings is 1. The minimum atomic E-state index is -0.964. The first kappa shape index (κ1) is 27.4. The minimum Gasteiger partial charge on any atom is -0.480 e. The lowest BCUT2D eigenvalue weighted by Crippen LogP contribution is -2.45. The topological polar surface area (TPSA) is 104 Å². The summed E-state index contributed by atoms with van der Waals surface area (Å²) >= 11 is 0. The summed E-state index contributed by atoms with van der Waals surface area (Å²) in [6, 6.07) is 3.49. The van der Waals surface area contributed by atoms with Gasteiger partial charge < -0.3 is 25.4 Å². The molecule has 1 unspecified atom stereocenters. The molecule has 3 rings (SSSR count). The molecular formula is C27H44N4O4. The minimum absolute atomic E-state index is 0.0413. The van der Waals surface area contributed by atoms with Crippen molar-refractivity contribution in [1.82, 2.24) is 15.2 Å². The molecule has 0 aromatic carbocycles. The van der Waals surface area contributed by atoms with Crippen LogP contribution in [0.4, 0.5) is 5.82 Å². The molecule has 196 valence electrons. The van der Waals surface area contributed by atoms with E-state index in [1.807, 2.05) is 6.92 Å². The monoisotopic (exact) mass is 488 g/mol. The number of aromatic nitrogens is 1. The molecule has 0 saturated heterocycles. The third-order valence-electron chi connectivity index (χ3n) is 7.38. The van der Waals surface area contributed by atoms with Crippen LogP contribution < -0.4 is 10.6 Å². The zero-order chi connectivity index (χ0) is 25.1. The van der Waals surface area contributed by atoms with Crippen molar-refractivity contribution in [3.8, 4) is 0 Å². The highest BCUT2D eigenvalue weighted by Crippen LogP contribution is 2.43. The SMILES string of the molecule is CCOCCN(CCCCc1ccc2c(n1)NCCC2)CCC(NC(=O)CC1(C)CCC1)C(=O)O. The maximum Gasteiger partial charge on any atom is 0.326 e. The van der Waals surface area contributed by atoms with Crippen molar-refractivity contribution in [2.75, 3.05) is 44.7 Å². The van der Waals surface area contributed by atoms with Gasteiger partial charge in [-0.2, -0.15) is 0 Å². The number of carbonyl (C=O) groups is 2. The number of unbranched alkanes of at least 4 members (excludes halogenated alkanes) is 1. The lowest BCUT2D eigenvalue weighted by atomic mass is 9.68. The summed E-state index contributed by atoms with van der Waals surface area (Å²) in [4.78, 5) is 31.3. The lowest BCUT2D eigenvalue weighted by Gasteiger charge is -2.38. The molecular weight excluding hydrogens is 444 g/mol. The molecule has 8 nitrogen and oxygen atoms in total. The molecule has 1 aliphatic carbocycles. The van der Waals surface area contributed by atoms with Crippen molar-refractivity contribution in [2.45, 2.75) is 84.1 Å². The van der Waals surface area contributed by atoms with Gasteiger partial charge in [-0.3, -0.25) is 4.79 Å². The maximum absolute atomic E-state index is 12.4. The maximum atomic E-state index is 12.4. The van der Waals surface area contributed by atoms with E-state index in [2.05, 4.69) is 34.6 Å². The number of carboxylic acids is 1. The number of ether oxygens (including phenoxy) is 1. The van der Waals surface area contributed by atoms with Crippen molar-refractivity contribution in [3.05, 3.63) is 23.4 Å². The van der Waals surface area contributed by atoms with Crippen LogP contribution in [-0.4, -0.2) is 72.3 Å². The second-order valence-corrected chi connectivity index (χ2v) is 10.4. The predicted octanol–water partition coefficient (Wildman–Crippen LogP) is 3.64. The summed E-state index contributed by atoms with van der Waals surface area (Å²) in [5.41, 5.74) is 2.47. The number of nitrogens with zero attached hydrogens (tertiary/aromatic N) is 2. The number of aliphatic carboxylic acids is 1. The van der Waals surface area contributed by atoms with E-state index in [-0.39, 0.29) is 11.3 Å². The Bertz CT molecular complexity index is 827. The molecule has 0 radical (unpaired) electrons. The van der Waals surface area contributed by atoms with Gasteiger partial charge in [0.25, 0.3) is 0 Å². The largest absolute Gasteiger partial charge is 0.480 e. The van der Waals surface area contributed by atoms with Crippen LogP contribution in [0, 0.1) is 5.41 Å². The summed E-state index contributed by atoms with van der Waals surface area (Å²) in [6.45, 7) is 8.61. The smallest absolute Gasteiger partial charge is 0.326 e. The summed E-state index contributed by atoms with van der Waals surface area (Å²) in [5.74, 6) is -0.0679. The second kappa shape index (κ2) is 13.8. The molecule has 1 saturated carbocycles. The second-order valence-electron chi connectivity index (χ2n) is 10.4. The molecule has 1 aliphatic heterocycles. The van der Waals surface area contributed by atoms with Crippen LogP contribution in [0.3, 0.4) is 0 Å². The molecule has 1 atom stereocenters. The van der Waals surface area contributed by atoms with Crippen LogP contribution in [0.25, 0.3) is 0 Å². The van der Waals surface area contributed by atoms with Crippen LogP contribution in [-0.2, 0) is 27.2 Å². The van der Waals surface area contributed by atoms with Crippen molar-refractivity contribution >= 4 is 17.7 Å². The Hall–Kier alpha value is -2.19. The Morgan fingerprint density at radius 1 is 1.23 bits per heavy atom. The highest BCUT2D eigenvalue weighted by Gasteiger charge is 2.34. The zero-order valence-electron chi connectivity index (χ0n) is 21.6. The van der Waals surface area contributed by atoms with Crippen molar-refractivity contribution in [2.24, 2.45) is 5.41 Å². The van der Waals surface area contributed by atoms with E-state index in [0.29, 0.717) is 32.6 Å². The van der Waals surface area contributed by atoms with E-state index in [0.717, 1.165) is 82.5 Å². The van der Waals surface area contributed by atoms with Crippen molar-refractivity contribution in [3.63, 3.8) is 0 Å². The van der Waals surface area contributed by atoms with Crippen LogP contribution in [0.1, 0.15) is 76.5 Å². The van der Waals surface area contributed by atoms with Gasteiger partial charge in [-0.25, -0.2) is 9.78 Å². The summed E-state index contributed by atoms with van der Waals surface area (Å²) < 4.78 is 5.54. The Labute approximate surface area is 210 Å². The summed E-state index contributed by atoms with van der Waals surface area (Å²) in [7, 11) is 0. The number of carboxylic acid groups (broad SMARTS) is 1. The molecule has 2 heterocycles. The fourth-order valence-electron chi connectivity index (χ4n) is 4.98. The number of hydrogen-bond acceptors (Lipinski definition) is 6. The number of fused-ring (bicyclic) bond motifs is 1. The molecule has 1 fully saturated rings.